The third-order valence-corrected chi connectivity index (χ3v) is 2.37. The molecule has 0 amide bonds. The van der Waals surface area contributed by atoms with Crippen LogP contribution in [0.5, 0.6) is 0 Å². The quantitative estimate of drug-likeness (QED) is 0.751. The molecule has 2 aromatic heterocycles. The van der Waals surface area contributed by atoms with Gasteiger partial charge in [-0.25, -0.2) is 0 Å². The van der Waals surface area contributed by atoms with E-state index in [4.69, 9.17) is 10.00 Å². The van der Waals surface area contributed by atoms with Gasteiger partial charge in [-0.05, 0) is 19.1 Å². The van der Waals surface area contributed by atoms with Gasteiger partial charge in [-0.15, -0.1) is 0 Å². The minimum absolute atomic E-state index is 0.211. The third-order valence-electron chi connectivity index (χ3n) is 2.37. The summed E-state index contributed by atoms with van der Waals surface area (Å²) in [6.07, 6.45) is 3.11. The second-order valence-corrected chi connectivity index (χ2v) is 3.49. The van der Waals surface area contributed by atoms with Gasteiger partial charge in [0.25, 0.3) is 0 Å². The third kappa shape index (κ3) is 2.11. The van der Waals surface area contributed by atoms with Crippen molar-refractivity contribution >= 4 is 16.9 Å². The smallest absolute Gasteiger partial charge is 0.329 e. The van der Waals surface area contributed by atoms with Crippen LogP contribution in [0.1, 0.15) is 18.5 Å². The first-order chi connectivity index (χ1) is 8.77. The SMILES string of the molecule is CCOC(=O)C(C#N)c1nncc2cccnc12. The number of aromatic nitrogens is 3. The molecule has 0 saturated heterocycles. The molecule has 0 aliphatic heterocycles. The molecule has 2 rings (SSSR count). The van der Waals surface area contributed by atoms with Crippen molar-refractivity contribution in [3.63, 3.8) is 0 Å². The Hall–Kier alpha value is -2.55. The number of carbonyl (C=O) groups is 1. The summed E-state index contributed by atoms with van der Waals surface area (Å²) >= 11 is 0. The topological polar surface area (TPSA) is 88.8 Å². The molecule has 0 aliphatic rings. The normalized spacial score (nSPS) is 11.8. The van der Waals surface area contributed by atoms with Crippen molar-refractivity contribution in [2.75, 3.05) is 6.61 Å². The van der Waals surface area contributed by atoms with Crippen LogP contribution in [-0.2, 0) is 9.53 Å². The second kappa shape index (κ2) is 5.19. The molecule has 0 N–H and O–H groups in total. The Bertz CT molecular complexity index is 615. The number of nitriles is 1. The van der Waals surface area contributed by atoms with Gasteiger partial charge in [0.15, 0.2) is 5.92 Å². The predicted molar refractivity (Wildman–Crippen MR) is 62.3 cm³/mol. The fourth-order valence-electron chi connectivity index (χ4n) is 1.58. The van der Waals surface area contributed by atoms with E-state index in [1.807, 2.05) is 6.07 Å². The van der Waals surface area contributed by atoms with Gasteiger partial charge in [-0.3, -0.25) is 9.78 Å². The van der Waals surface area contributed by atoms with Gasteiger partial charge in [-0.2, -0.15) is 15.5 Å². The maximum atomic E-state index is 11.7. The summed E-state index contributed by atoms with van der Waals surface area (Å²) in [7, 11) is 0. The number of hydrogen-bond donors (Lipinski definition) is 0. The Morgan fingerprint density at radius 2 is 2.44 bits per heavy atom. The lowest BCUT2D eigenvalue weighted by Crippen LogP contribution is -2.16. The Labute approximate surface area is 103 Å². The maximum absolute atomic E-state index is 11.7. The van der Waals surface area contributed by atoms with Gasteiger partial charge >= 0.3 is 5.97 Å². The number of ether oxygens (including phenoxy) is 1. The highest BCUT2D eigenvalue weighted by molar-refractivity contribution is 5.88. The van der Waals surface area contributed by atoms with Crippen molar-refractivity contribution in [1.82, 2.24) is 15.2 Å². The summed E-state index contributed by atoms with van der Waals surface area (Å²) in [6, 6.07) is 5.42. The van der Waals surface area contributed by atoms with Crippen LogP contribution in [0.15, 0.2) is 24.5 Å². The standard InChI is InChI=1S/C12H10N4O2/c1-2-18-12(17)9(6-13)11-10-8(7-15-16-11)4-3-5-14-10/h3-5,7,9H,2H2,1H3. The summed E-state index contributed by atoms with van der Waals surface area (Å²) in [4.78, 5) is 15.8. The van der Waals surface area contributed by atoms with E-state index in [-0.39, 0.29) is 12.3 Å². The van der Waals surface area contributed by atoms with Crippen LogP contribution >= 0.6 is 0 Å². The van der Waals surface area contributed by atoms with Gasteiger partial charge in [0, 0.05) is 11.6 Å². The van der Waals surface area contributed by atoms with Crippen molar-refractivity contribution in [1.29, 1.82) is 5.26 Å². The summed E-state index contributed by atoms with van der Waals surface area (Å²) < 4.78 is 4.84. The number of fused-ring (bicyclic) bond motifs is 1. The number of rotatable bonds is 3. The highest BCUT2D eigenvalue weighted by Gasteiger charge is 2.26. The fourth-order valence-corrected chi connectivity index (χ4v) is 1.58. The Balaban J connectivity index is 2.52. The van der Waals surface area contributed by atoms with E-state index in [1.54, 1.807) is 25.3 Å². The molecule has 1 atom stereocenters. The van der Waals surface area contributed by atoms with Crippen molar-refractivity contribution < 1.29 is 9.53 Å². The van der Waals surface area contributed by atoms with E-state index >= 15 is 0 Å². The average molecular weight is 242 g/mol. The van der Waals surface area contributed by atoms with E-state index in [0.29, 0.717) is 5.52 Å². The molecule has 2 heterocycles. The molecule has 6 heteroatoms. The Morgan fingerprint density at radius 1 is 1.61 bits per heavy atom. The summed E-state index contributed by atoms with van der Waals surface area (Å²) in [6.45, 7) is 1.89. The minimum Gasteiger partial charge on any atom is -0.465 e. The molecule has 0 fully saturated rings. The van der Waals surface area contributed by atoms with E-state index in [2.05, 4.69) is 15.2 Å². The molecular formula is C12H10N4O2. The fraction of sp³-hybridized carbons (Fsp3) is 0.250. The van der Waals surface area contributed by atoms with Crippen LogP contribution in [-0.4, -0.2) is 27.8 Å². The molecule has 18 heavy (non-hydrogen) atoms. The molecule has 0 spiro atoms. The van der Waals surface area contributed by atoms with Gasteiger partial charge in [0.05, 0.1) is 24.4 Å². The summed E-state index contributed by atoms with van der Waals surface area (Å²) in [5.41, 5.74) is 0.723. The lowest BCUT2D eigenvalue weighted by atomic mass is 10.1. The average Bonchev–Trinajstić information content (AvgIpc) is 2.40. The largest absolute Gasteiger partial charge is 0.465 e. The Morgan fingerprint density at radius 3 is 3.17 bits per heavy atom. The number of hydrogen-bond acceptors (Lipinski definition) is 6. The molecule has 0 aliphatic carbocycles. The van der Waals surface area contributed by atoms with Crippen LogP contribution in [0.25, 0.3) is 10.9 Å². The second-order valence-electron chi connectivity index (χ2n) is 3.49. The first-order valence-electron chi connectivity index (χ1n) is 5.40. The number of esters is 1. The van der Waals surface area contributed by atoms with Crippen LogP contribution < -0.4 is 0 Å². The van der Waals surface area contributed by atoms with Crippen LogP contribution in [0.4, 0.5) is 0 Å². The van der Waals surface area contributed by atoms with Gasteiger partial charge < -0.3 is 4.74 Å². The van der Waals surface area contributed by atoms with Crippen LogP contribution in [0, 0.1) is 11.3 Å². The highest BCUT2D eigenvalue weighted by atomic mass is 16.5. The van der Waals surface area contributed by atoms with Crippen molar-refractivity contribution in [3.05, 3.63) is 30.2 Å². The monoisotopic (exact) mass is 242 g/mol. The first-order valence-corrected chi connectivity index (χ1v) is 5.40. The number of nitrogens with zero attached hydrogens (tertiary/aromatic N) is 4. The van der Waals surface area contributed by atoms with E-state index in [0.717, 1.165) is 5.39 Å². The molecule has 2 aromatic rings. The summed E-state index contributed by atoms with van der Waals surface area (Å²) in [5, 5.41) is 17.4. The lowest BCUT2D eigenvalue weighted by molar-refractivity contribution is -0.143. The molecule has 1 unspecified atom stereocenters. The van der Waals surface area contributed by atoms with Gasteiger partial charge in [0.1, 0.15) is 5.69 Å². The lowest BCUT2D eigenvalue weighted by Gasteiger charge is -2.08. The van der Waals surface area contributed by atoms with E-state index < -0.39 is 11.9 Å². The zero-order chi connectivity index (χ0) is 13.0. The first kappa shape index (κ1) is 11.9. The van der Waals surface area contributed by atoms with E-state index in [9.17, 15) is 4.79 Å². The molecule has 0 radical (unpaired) electrons. The molecule has 6 nitrogen and oxygen atoms in total. The van der Waals surface area contributed by atoms with Crippen molar-refractivity contribution in [2.45, 2.75) is 12.8 Å². The van der Waals surface area contributed by atoms with Crippen molar-refractivity contribution in [2.24, 2.45) is 0 Å². The maximum Gasteiger partial charge on any atom is 0.329 e. The Kier molecular flexibility index (Phi) is 3.44. The van der Waals surface area contributed by atoms with E-state index in [1.165, 1.54) is 6.20 Å². The summed E-state index contributed by atoms with van der Waals surface area (Å²) in [5.74, 6) is -1.73. The predicted octanol–water partition coefficient (Wildman–Crippen LogP) is 1.20. The zero-order valence-corrected chi connectivity index (χ0v) is 9.70. The molecule has 0 saturated carbocycles. The molecule has 0 aromatic carbocycles. The molecule has 90 valence electrons. The highest BCUT2D eigenvalue weighted by Crippen LogP contribution is 2.21. The molecule has 0 bridgehead atoms. The molecular weight excluding hydrogens is 232 g/mol. The van der Waals surface area contributed by atoms with Crippen molar-refractivity contribution in [3.8, 4) is 6.07 Å². The number of carbonyl (C=O) groups excluding carboxylic acids is 1. The van der Waals surface area contributed by atoms with Crippen LogP contribution in [0.2, 0.25) is 0 Å². The van der Waals surface area contributed by atoms with Gasteiger partial charge in [0.2, 0.25) is 0 Å². The zero-order valence-electron chi connectivity index (χ0n) is 9.70. The number of pyridine rings is 1. The van der Waals surface area contributed by atoms with Gasteiger partial charge in [-0.1, -0.05) is 0 Å². The van der Waals surface area contributed by atoms with Crippen LogP contribution in [0.3, 0.4) is 0 Å². The minimum atomic E-state index is -1.10.